The summed E-state index contributed by atoms with van der Waals surface area (Å²) in [5.74, 6) is -1.86. The van der Waals surface area contributed by atoms with E-state index < -0.39 is 40.1 Å². The highest BCUT2D eigenvalue weighted by atomic mass is 32.2. The number of amides is 1. The van der Waals surface area contributed by atoms with Crippen LogP contribution >= 0.6 is 11.1 Å². The van der Waals surface area contributed by atoms with E-state index >= 15 is 0 Å². The highest BCUT2D eigenvalue weighted by molar-refractivity contribution is 7.14. The van der Waals surface area contributed by atoms with E-state index in [4.69, 9.17) is 0 Å². The standard InChI is InChI=1S/C21H22F3N5O3S/c1-4-14(12-8-6-5-7-9-12)25-18-19(28-33(32)27-18)26-15-11-10-13(21(22,23)24)16(17(15)30)20(31)29(2)3/h5-11,14,30H,4H2,1-3H3,(H,25,27)(H,26,28)/t14-,33?/m1/s1. The van der Waals surface area contributed by atoms with Crippen LogP contribution < -0.4 is 10.6 Å². The van der Waals surface area contributed by atoms with E-state index in [1.54, 1.807) is 0 Å². The number of benzene rings is 2. The van der Waals surface area contributed by atoms with E-state index in [9.17, 15) is 27.6 Å². The fourth-order valence-corrected chi connectivity index (χ4v) is 3.83. The van der Waals surface area contributed by atoms with Gasteiger partial charge in [-0.3, -0.25) is 4.79 Å². The Morgan fingerprint density at radius 1 is 1.15 bits per heavy atom. The third-order valence-corrected chi connectivity index (χ3v) is 5.52. The Kier molecular flexibility index (Phi) is 7.08. The molecule has 3 aromatic rings. The fourth-order valence-electron chi connectivity index (χ4n) is 3.21. The van der Waals surface area contributed by atoms with Gasteiger partial charge >= 0.3 is 6.18 Å². The van der Waals surface area contributed by atoms with Gasteiger partial charge in [0, 0.05) is 22.8 Å². The van der Waals surface area contributed by atoms with Crippen LogP contribution in [0.1, 0.15) is 40.9 Å². The minimum absolute atomic E-state index is 0.0407. The van der Waals surface area contributed by atoms with Crippen molar-refractivity contribution in [3.05, 3.63) is 59.2 Å². The van der Waals surface area contributed by atoms with Crippen LogP contribution in [0.3, 0.4) is 0 Å². The van der Waals surface area contributed by atoms with Gasteiger partial charge in [-0.25, -0.2) is 0 Å². The van der Waals surface area contributed by atoms with Gasteiger partial charge in [-0.1, -0.05) is 37.3 Å². The lowest BCUT2D eigenvalue weighted by atomic mass is 10.0. The lowest BCUT2D eigenvalue weighted by molar-refractivity contribution is -0.138. The minimum atomic E-state index is -4.86. The number of phenolic OH excluding ortho intramolecular Hbond substituents is 1. The Labute approximate surface area is 191 Å². The Morgan fingerprint density at radius 3 is 2.36 bits per heavy atom. The molecule has 3 N–H and O–H groups in total. The van der Waals surface area contributed by atoms with Gasteiger partial charge in [0.15, 0.2) is 16.9 Å². The van der Waals surface area contributed by atoms with Crippen molar-refractivity contribution in [2.24, 2.45) is 0 Å². The summed E-state index contributed by atoms with van der Waals surface area (Å²) in [4.78, 5) is 13.3. The summed E-state index contributed by atoms with van der Waals surface area (Å²) in [5.41, 5.74) is -1.45. The molecule has 12 heteroatoms. The molecule has 0 aliphatic carbocycles. The number of carbonyl (C=O) groups is 1. The van der Waals surface area contributed by atoms with Crippen molar-refractivity contribution in [1.29, 1.82) is 0 Å². The number of hydrogen-bond acceptors (Lipinski definition) is 7. The second-order valence-corrected chi connectivity index (χ2v) is 8.16. The number of nitrogens with zero attached hydrogens (tertiary/aromatic N) is 3. The molecule has 33 heavy (non-hydrogen) atoms. The van der Waals surface area contributed by atoms with Crippen LogP contribution in [0.15, 0.2) is 42.5 Å². The van der Waals surface area contributed by atoms with Crippen molar-refractivity contribution in [3.63, 3.8) is 0 Å². The number of phenols is 1. The van der Waals surface area contributed by atoms with E-state index in [1.807, 2.05) is 37.3 Å². The Balaban J connectivity index is 1.99. The molecule has 3 rings (SSSR count). The summed E-state index contributed by atoms with van der Waals surface area (Å²) in [5, 5.41) is 16.3. The average Bonchev–Trinajstić information content (AvgIpc) is 3.11. The lowest BCUT2D eigenvalue weighted by Gasteiger charge is -2.19. The molecule has 0 radical (unpaired) electrons. The molecule has 1 heterocycles. The second-order valence-electron chi connectivity index (χ2n) is 7.33. The van der Waals surface area contributed by atoms with Crippen molar-refractivity contribution >= 4 is 34.4 Å². The fraction of sp³-hybridized carbons (Fsp3) is 0.286. The SMILES string of the molecule is CC[C@@H](Nc1n[s+]([O-])nc1Nc1ccc(C(F)(F)F)c(C(=O)N(C)C)c1O)c1ccccc1. The van der Waals surface area contributed by atoms with Gasteiger partial charge in [-0.2, -0.15) is 13.2 Å². The number of alkyl halides is 3. The second kappa shape index (κ2) is 9.63. The molecule has 1 aromatic heterocycles. The maximum atomic E-state index is 13.5. The largest absolute Gasteiger partial charge is 0.546 e. The summed E-state index contributed by atoms with van der Waals surface area (Å²) >= 11 is -1.96. The number of hydrogen-bond donors (Lipinski definition) is 3. The first kappa shape index (κ1) is 24.3. The van der Waals surface area contributed by atoms with Gasteiger partial charge in [-0.15, -0.1) is 0 Å². The van der Waals surface area contributed by atoms with Crippen LogP contribution in [0.25, 0.3) is 0 Å². The molecule has 0 saturated heterocycles. The maximum Gasteiger partial charge on any atom is 0.417 e. The number of anilines is 3. The first-order valence-electron chi connectivity index (χ1n) is 9.86. The van der Waals surface area contributed by atoms with E-state index in [0.29, 0.717) is 12.5 Å². The normalized spacial score (nSPS) is 12.9. The molecule has 0 bridgehead atoms. The third-order valence-electron chi connectivity index (χ3n) is 4.84. The molecular weight excluding hydrogens is 459 g/mol. The van der Waals surface area contributed by atoms with Gasteiger partial charge in [0.2, 0.25) is 11.6 Å². The summed E-state index contributed by atoms with van der Waals surface area (Å²) in [6.45, 7) is 1.93. The monoisotopic (exact) mass is 481 g/mol. The van der Waals surface area contributed by atoms with Gasteiger partial charge in [0.05, 0.1) is 22.9 Å². The first-order valence-corrected chi connectivity index (χ1v) is 10.9. The zero-order valence-electron chi connectivity index (χ0n) is 18.0. The molecule has 2 atom stereocenters. The quantitative estimate of drug-likeness (QED) is 0.324. The van der Waals surface area contributed by atoms with E-state index in [1.165, 1.54) is 14.1 Å². The van der Waals surface area contributed by atoms with Gasteiger partial charge in [0.25, 0.3) is 5.91 Å². The maximum absolute atomic E-state index is 13.5. The Hall–Kier alpha value is -3.38. The molecule has 2 aromatic carbocycles. The molecule has 176 valence electrons. The molecular formula is C21H22F3N5O3S. The number of rotatable bonds is 7. The predicted molar refractivity (Wildman–Crippen MR) is 118 cm³/mol. The highest BCUT2D eigenvalue weighted by Crippen LogP contribution is 2.41. The van der Waals surface area contributed by atoms with Gasteiger partial charge in [0.1, 0.15) is 0 Å². The van der Waals surface area contributed by atoms with Crippen LogP contribution in [0.2, 0.25) is 0 Å². The van der Waals surface area contributed by atoms with Crippen molar-refractivity contribution in [3.8, 4) is 5.75 Å². The topological polar surface area (TPSA) is 113 Å². The van der Waals surface area contributed by atoms with Crippen LogP contribution in [0.4, 0.5) is 30.5 Å². The van der Waals surface area contributed by atoms with Gasteiger partial charge in [-0.05, 0) is 24.1 Å². The Morgan fingerprint density at radius 2 is 1.79 bits per heavy atom. The van der Waals surface area contributed by atoms with Crippen LogP contribution in [0, 0.1) is 0 Å². The van der Waals surface area contributed by atoms with Crippen LogP contribution in [-0.4, -0.2) is 43.3 Å². The van der Waals surface area contributed by atoms with Crippen LogP contribution in [0.5, 0.6) is 5.75 Å². The lowest BCUT2D eigenvalue weighted by Crippen LogP contribution is -2.25. The molecule has 1 unspecified atom stereocenters. The number of nitrogens with one attached hydrogen (secondary N) is 2. The van der Waals surface area contributed by atoms with Crippen molar-refractivity contribution in [2.75, 3.05) is 24.7 Å². The summed E-state index contributed by atoms with van der Waals surface area (Å²) in [6, 6.07) is 10.9. The Bertz CT molecular complexity index is 1140. The first-order chi connectivity index (χ1) is 15.5. The molecule has 0 aliphatic heterocycles. The average molecular weight is 482 g/mol. The molecule has 1 amide bonds. The number of aromatic hydroxyl groups is 1. The summed E-state index contributed by atoms with van der Waals surface area (Å²) in [6.07, 6.45) is -4.21. The van der Waals surface area contributed by atoms with E-state index in [2.05, 4.69) is 19.4 Å². The highest BCUT2D eigenvalue weighted by Gasteiger charge is 2.38. The van der Waals surface area contributed by atoms with E-state index in [-0.39, 0.29) is 23.4 Å². The predicted octanol–water partition coefficient (Wildman–Crippen LogP) is 4.94. The minimum Gasteiger partial charge on any atom is -0.546 e. The molecule has 8 nitrogen and oxygen atoms in total. The zero-order chi connectivity index (χ0) is 24.3. The van der Waals surface area contributed by atoms with Crippen molar-refractivity contribution in [2.45, 2.75) is 25.6 Å². The number of aromatic nitrogens is 2. The molecule has 0 saturated carbocycles. The smallest absolute Gasteiger partial charge is 0.417 e. The van der Waals surface area contributed by atoms with Crippen LogP contribution in [-0.2, 0) is 6.18 Å². The van der Waals surface area contributed by atoms with Crippen molar-refractivity contribution < 1.29 is 27.6 Å². The summed E-state index contributed by atoms with van der Waals surface area (Å²) < 4.78 is 60.1. The zero-order valence-corrected chi connectivity index (χ0v) is 18.8. The number of carbonyl (C=O) groups excluding carboxylic acids is 1. The third kappa shape index (κ3) is 5.34. The van der Waals surface area contributed by atoms with E-state index in [0.717, 1.165) is 16.5 Å². The number of halogens is 3. The molecule has 0 aliphatic rings. The van der Waals surface area contributed by atoms with Gasteiger partial charge < -0.3 is 25.2 Å². The molecule has 0 spiro atoms. The summed E-state index contributed by atoms with van der Waals surface area (Å²) in [7, 11) is 2.55. The van der Waals surface area contributed by atoms with Crippen molar-refractivity contribution in [1.82, 2.24) is 13.6 Å². The molecule has 0 fully saturated rings.